The smallest absolute Gasteiger partial charge is 0.315 e. The van der Waals surface area contributed by atoms with Gasteiger partial charge in [-0.1, -0.05) is 47.0 Å². The number of aryl methyl sites for hydroxylation is 5. The molecule has 27 heavy (non-hydrogen) atoms. The summed E-state index contributed by atoms with van der Waals surface area (Å²) in [4.78, 5) is 24.3. The first-order valence-electron chi connectivity index (χ1n) is 9.16. The second-order valence-corrected chi connectivity index (χ2v) is 7.29. The molecule has 0 aromatic heterocycles. The molecule has 0 radical (unpaired) electrons. The number of amides is 3. The number of carbonyl (C=O) groups is 2. The fourth-order valence-corrected chi connectivity index (χ4v) is 3.31. The van der Waals surface area contributed by atoms with Crippen molar-refractivity contribution in [3.8, 4) is 0 Å². The average molecular weight is 367 g/mol. The summed E-state index contributed by atoms with van der Waals surface area (Å²) < 4.78 is 0. The molecule has 0 saturated carbocycles. The summed E-state index contributed by atoms with van der Waals surface area (Å²) in [5.74, 6) is -0.251. The summed E-state index contributed by atoms with van der Waals surface area (Å²) in [6.07, 6.45) is 0. The normalized spacial score (nSPS) is 11.6. The van der Waals surface area contributed by atoms with Crippen LogP contribution >= 0.6 is 0 Å². The van der Waals surface area contributed by atoms with Gasteiger partial charge >= 0.3 is 6.03 Å². The maximum Gasteiger partial charge on any atom is 0.315 e. The molecule has 1 atom stereocenters. The average Bonchev–Trinajstić information content (AvgIpc) is 2.55. The number of anilines is 1. The molecule has 3 amide bonds. The van der Waals surface area contributed by atoms with E-state index in [0.29, 0.717) is 0 Å². The lowest BCUT2D eigenvalue weighted by molar-refractivity contribution is -0.115. The maximum absolute atomic E-state index is 12.2. The third kappa shape index (κ3) is 5.84. The standard InChI is InChI=1S/C22H29N3O2/c1-13-7-14(2)11-19(10-13)18(6)24-22(27)23-12-20(26)25-21-16(4)8-15(3)9-17(21)5/h7-11,18H,12H2,1-6H3,(H,25,26)(H2,23,24,27). The SMILES string of the molecule is Cc1cc(C)cc(C(C)NC(=O)NCC(=O)Nc2c(C)cc(C)cc2C)c1. The van der Waals surface area contributed by atoms with Gasteiger partial charge in [0.15, 0.2) is 0 Å². The van der Waals surface area contributed by atoms with Crippen LogP contribution in [0.25, 0.3) is 0 Å². The molecule has 0 heterocycles. The Morgan fingerprint density at radius 3 is 1.93 bits per heavy atom. The molecule has 0 aliphatic heterocycles. The van der Waals surface area contributed by atoms with Crippen LogP contribution in [0.4, 0.5) is 10.5 Å². The largest absolute Gasteiger partial charge is 0.332 e. The van der Waals surface area contributed by atoms with Gasteiger partial charge in [-0.15, -0.1) is 0 Å². The van der Waals surface area contributed by atoms with E-state index in [9.17, 15) is 9.59 Å². The van der Waals surface area contributed by atoms with Crippen LogP contribution in [0.5, 0.6) is 0 Å². The van der Waals surface area contributed by atoms with Crippen molar-refractivity contribution >= 4 is 17.6 Å². The van der Waals surface area contributed by atoms with Gasteiger partial charge in [-0.3, -0.25) is 4.79 Å². The molecule has 5 nitrogen and oxygen atoms in total. The van der Waals surface area contributed by atoms with Crippen LogP contribution in [0.1, 0.15) is 46.3 Å². The highest BCUT2D eigenvalue weighted by molar-refractivity contribution is 5.95. The van der Waals surface area contributed by atoms with Crippen LogP contribution in [0, 0.1) is 34.6 Å². The molecule has 0 fully saturated rings. The molecule has 5 heteroatoms. The Hall–Kier alpha value is -2.82. The monoisotopic (exact) mass is 367 g/mol. The van der Waals surface area contributed by atoms with Crippen molar-refractivity contribution in [1.29, 1.82) is 0 Å². The third-order valence-electron chi connectivity index (χ3n) is 4.44. The second-order valence-electron chi connectivity index (χ2n) is 7.29. The van der Waals surface area contributed by atoms with E-state index in [1.807, 2.05) is 65.8 Å². The van der Waals surface area contributed by atoms with E-state index < -0.39 is 0 Å². The van der Waals surface area contributed by atoms with Crippen molar-refractivity contribution in [1.82, 2.24) is 10.6 Å². The Balaban J connectivity index is 1.89. The molecule has 0 aliphatic rings. The Bertz CT molecular complexity index is 815. The van der Waals surface area contributed by atoms with E-state index in [4.69, 9.17) is 0 Å². The number of carbonyl (C=O) groups excluding carboxylic acids is 2. The van der Waals surface area contributed by atoms with E-state index in [2.05, 4.69) is 22.0 Å². The van der Waals surface area contributed by atoms with Gasteiger partial charge in [-0.05, 0) is 58.2 Å². The zero-order chi connectivity index (χ0) is 20.1. The first-order valence-corrected chi connectivity index (χ1v) is 9.16. The van der Waals surface area contributed by atoms with Crippen LogP contribution < -0.4 is 16.0 Å². The first-order chi connectivity index (χ1) is 12.7. The zero-order valence-electron chi connectivity index (χ0n) is 17.0. The number of hydrogen-bond donors (Lipinski definition) is 3. The van der Waals surface area contributed by atoms with E-state index in [1.54, 1.807) is 0 Å². The number of nitrogens with one attached hydrogen (secondary N) is 3. The van der Waals surface area contributed by atoms with E-state index in [0.717, 1.165) is 39.1 Å². The lowest BCUT2D eigenvalue weighted by atomic mass is 10.0. The van der Waals surface area contributed by atoms with Crippen LogP contribution in [-0.2, 0) is 4.79 Å². The van der Waals surface area contributed by atoms with E-state index in [1.165, 1.54) is 0 Å². The van der Waals surface area contributed by atoms with Gasteiger partial charge in [0, 0.05) is 5.69 Å². The minimum atomic E-state index is -0.367. The molecule has 0 saturated heterocycles. The van der Waals surface area contributed by atoms with Crippen molar-refractivity contribution in [3.05, 3.63) is 63.7 Å². The lowest BCUT2D eigenvalue weighted by Crippen LogP contribution is -2.41. The summed E-state index contributed by atoms with van der Waals surface area (Å²) >= 11 is 0. The molecule has 2 aromatic carbocycles. The molecule has 0 bridgehead atoms. The quantitative estimate of drug-likeness (QED) is 0.740. The lowest BCUT2D eigenvalue weighted by Gasteiger charge is -2.17. The highest BCUT2D eigenvalue weighted by Crippen LogP contribution is 2.21. The van der Waals surface area contributed by atoms with Crippen molar-refractivity contribution in [2.24, 2.45) is 0 Å². The highest BCUT2D eigenvalue weighted by atomic mass is 16.2. The zero-order valence-corrected chi connectivity index (χ0v) is 17.0. The van der Waals surface area contributed by atoms with Gasteiger partial charge in [-0.2, -0.15) is 0 Å². The summed E-state index contributed by atoms with van der Waals surface area (Å²) in [7, 11) is 0. The Morgan fingerprint density at radius 1 is 0.852 bits per heavy atom. The highest BCUT2D eigenvalue weighted by Gasteiger charge is 2.13. The number of benzene rings is 2. The minimum absolute atomic E-state index is 0.0852. The number of urea groups is 1. The van der Waals surface area contributed by atoms with Gasteiger partial charge in [0.25, 0.3) is 0 Å². The van der Waals surface area contributed by atoms with Crippen LogP contribution in [0.3, 0.4) is 0 Å². The maximum atomic E-state index is 12.2. The van der Waals surface area contributed by atoms with Crippen LogP contribution in [0.2, 0.25) is 0 Å². The third-order valence-corrected chi connectivity index (χ3v) is 4.44. The van der Waals surface area contributed by atoms with E-state index in [-0.39, 0.29) is 24.5 Å². The predicted octanol–water partition coefficient (Wildman–Crippen LogP) is 4.23. The Kier molecular flexibility index (Phi) is 6.61. The molecular weight excluding hydrogens is 338 g/mol. The second kappa shape index (κ2) is 8.71. The number of rotatable bonds is 5. The van der Waals surface area contributed by atoms with Crippen LogP contribution in [-0.4, -0.2) is 18.5 Å². The molecule has 2 rings (SSSR count). The van der Waals surface area contributed by atoms with Crippen molar-refractivity contribution in [2.45, 2.75) is 47.6 Å². The van der Waals surface area contributed by atoms with Gasteiger partial charge < -0.3 is 16.0 Å². The topological polar surface area (TPSA) is 70.2 Å². The van der Waals surface area contributed by atoms with Gasteiger partial charge in [0.2, 0.25) is 5.91 Å². The minimum Gasteiger partial charge on any atom is -0.332 e. The van der Waals surface area contributed by atoms with Crippen LogP contribution in [0.15, 0.2) is 30.3 Å². The first kappa shape index (κ1) is 20.5. The molecular formula is C22H29N3O2. The van der Waals surface area contributed by atoms with Crippen molar-refractivity contribution < 1.29 is 9.59 Å². The Labute approximate surface area is 161 Å². The molecule has 0 spiro atoms. The van der Waals surface area contributed by atoms with Crippen molar-refractivity contribution in [2.75, 3.05) is 11.9 Å². The number of hydrogen-bond acceptors (Lipinski definition) is 2. The fourth-order valence-electron chi connectivity index (χ4n) is 3.31. The molecule has 2 aromatic rings. The van der Waals surface area contributed by atoms with Gasteiger partial charge in [-0.25, -0.2) is 4.79 Å². The summed E-state index contributed by atoms with van der Waals surface area (Å²) in [6, 6.07) is 9.72. The summed E-state index contributed by atoms with van der Waals surface area (Å²) in [5.41, 5.74) is 7.32. The van der Waals surface area contributed by atoms with Gasteiger partial charge in [0.1, 0.15) is 0 Å². The van der Waals surface area contributed by atoms with E-state index >= 15 is 0 Å². The summed E-state index contributed by atoms with van der Waals surface area (Å²) in [6.45, 7) is 11.8. The fraction of sp³-hybridized carbons (Fsp3) is 0.364. The van der Waals surface area contributed by atoms with Gasteiger partial charge in [0.05, 0.1) is 12.6 Å². The Morgan fingerprint density at radius 2 is 1.37 bits per heavy atom. The molecule has 0 aliphatic carbocycles. The molecule has 3 N–H and O–H groups in total. The summed E-state index contributed by atoms with van der Waals surface area (Å²) in [5, 5.41) is 8.37. The predicted molar refractivity (Wildman–Crippen MR) is 110 cm³/mol. The van der Waals surface area contributed by atoms with Crippen molar-refractivity contribution in [3.63, 3.8) is 0 Å². The molecule has 144 valence electrons. The molecule has 1 unspecified atom stereocenters.